The molecular formula is C24H21NO4. The van der Waals surface area contributed by atoms with Gasteiger partial charge >= 0.3 is 5.97 Å². The zero-order valence-electron chi connectivity index (χ0n) is 16.2. The first-order valence-electron chi connectivity index (χ1n) is 9.37. The van der Waals surface area contributed by atoms with E-state index < -0.39 is 5.97 Å². The quantitative estimate of drug-likeness (QED) is 0.633. The first kappa shape index (κ1) is 18.7. The Labute approximate surface area is 168 Å². The fourth-order valence-electron chi connectivity index (χ4n) is 3.67. The monoisotopic (exact) mass is 387 g/mol. The van der Waals surface area contributed by atoms with Gasteiger partial charge in [-0.2, -0.15) is 0 Å². The van der Waals surface area contributed by atoms with E-state index in [1.54, 1.807) is 24.7 Å². The van der Waals surface area contributed by atoms with E-state index in [0.717, 1.165) is 23.1 Å². The fraction of sp³-hybridized carbons (Fsp3) is 0.167. The Kier molecular flexibility index (Phi) is 4.59. The molecule has 4 rings (SSSR count). The molecule has 0 radical (unpaired) electrons. The Morgan fingerprint density at radius 2 is 1.76 bits per heavy atom. The van der Waals surface area contributed by atoms with Crippen LogP contribution in [0.2, 0.25) is 0 Å². The summed E-state index contributed by atoms with van der Waals surface area (Å²) in [5.41, 5.74) is 5.51. The maximum atomic E-state index is 12.8. The number of carboxylic acid groups (broad SMARTS) is 1. The number of carbonyl (C=O) groups excluding carboxylic acids is 1. The van der Waals surface area contributed by atoms with Crippen LogP contribution in [0.25, 0.3) is 5.57 Å². The van der Waals surface area contributed by atoms with Crippen LogP contribution in [-0.2, 0) is 5.41 Å². The zero-order valence-corrected chi connectivity index (χ0v) is 16.2. The standard InChI is InChI=1S/C24H21NO4/c1-24(2)11-9-19(17-10-12-29-14-17)20-13-16(5-8-21(20)24)22(26)25-18-6-3-15(4-7-18)23(27)28/h3-10,12-14H,11H2,1-2H3,(H,25,26)(H,27,28). The number of rotatable bonds is 4. The first-order chi connectivity index (χ1) is 13.8. The molecule has 0 bridgehead atoms. The summed E-state index contributed by atoms with van der Waals surface area (Å²) in [6.07, 6.45) is 6.46. The van der Waals surface area contributed by atoms with E-state index in [0.29, 0.717) is 11.3 Å². The average Bonchev–Trinajstić information content (AvgIpc) is 3.22. The van der Waals surface area contributed by atoms with Gasteiger partial charge in [-0.1, -0.05) is 26.0 Å². The maximum absolute atomic E-state index is 12.8. The van der Waals surface area contributed by atoms with Crippen LogP contribution in [0.15, 0.2) is 71.6 Å². The van der Waals surface area contributed by atoms with Gasteiger partial charge < -0.3 is 14.8 Å². The molecule has 0 atom stereocenters. The van der Waals surface area contributed by atoms with Crippen LogP contribution < -0.4 is 5.32 Å². The molecule has 1 aromatic heterocycles. The predicted octanol–water partition coefficient (Wildman–Crippen LogP) is 5.34. The average molecular weight is 387 g/mol. The number of aromatic carboxylic acids is 1. The Morgan fingerprint density at radius 1 is 1.03 bits per heavy atom. The molecule has 146 valence electrons. The van der Waals surface area contributed by atoms with E-state index in [9.17, 15) is 9.59 Å². The summed E-state index contributed by atoms with van der Waals surface area (Å²) < 4.78 is 5.26. The molecule has 0 unspecified atom stereocenters. The van der Waals surface area contributed by atoms with Crippen molar-refractivity contribution < 1.29 is 19.1 Å². The maximum Gasteiger partial charge on any atom is 0.335 e. The highest BCUT2D eigenvalue weighted by molar-refractivity contribution is 6.05. The van der Waals surface area contributed by atoms with Gasteiger partial charge in [0.25, 0.3) is 5.91 Å². The largest absolute Gasteiger partial charge is 0.478 e. The van der Waals surface area contributed by atoms with Crippen molar-refractivity contribution >= 4 is 23.1 Å². The van der Waals surface area contributed by atoms with Crippen molar-refractivity contribution in [2.75, 3.05) is 5.32 Å². The number of furan rings is 1. The summed E-state index contributed by atoms with van der Waals surface area (Å²) >= 11 is 0. The summed E-state index contributed by atoms with van der Waals surface area (Å²) in [5.74, 6) is -1.25. The normalized spacial score (nSPS) is 14.6. The Hall–Kier alpha value is -3.60. The fourth-order valence-corrected chi connectivity index (χ4v) is 3.67. The molecule has 1 aliphatic carbocycles. The lowest BCUT2D eigenvalue weighted by molar-refractivity contribution is 0.0696. The molecular weight excluding hydrogens is 366 g/mol. The van der Waals surface area contributed by atoms with Crippen molar-refractivity contribution in [2.45, 2.75) is 25.7 Å². The molecule has 3 aromatic rings. The SMILES string of the molecule is CC1(C)CC=C(c2ccoc2)c2cc(C(=O)Nc3ccc(C(=O)O)cc3)ccc21. The molecule has 1 aliphatic rings. The number of nitrogens with one attached hydrogen (secondary N) is 1. The van der Waals surface area contributed by atoms with Gasteiger partial charge in [0, 0.05) is 16.8 Å². The van der Waals surface area contributed by atoms with Crippen LogP contribution in [0.4, 0.5) is 5.69 Å². The highest BCUT2D eigenvalue weighted by Gasteiger charge is 2.29. The van der Waals surface area contributed by atoms with Crippen LogP contribution in [0, 0.1) is 0 Å². The van der Waals surface area contributed by atoms with Crippen molar-refractivity contribution in [1.82, 2.24) is 0 Å². The van der Waals surface area contributed by atoms with Crippen molar-refractivity contribution in [3.8, 4) is 0 Å². The molecule has 1 heterocycles. The van der Waals surface area contributed by atoms with Crippen LogP contribution in [0.5, 0.6) is 0 Å². The number of hydrogen-bond donors (Lipinski definition) is 2. The molecule has 0 aliphatic heterocycles. The Morgan fingerprint density at radius 3 is 2.41 bits per heavy atom. The number of benzene rings is 2. The number of carboxylic acids is 1. The van der Waals surface area contributed by atoms with Gasteiger partial charge in [-0.15, -0.1) is 0 Å². The summed E-state index contributed by atoms with van der Waals surface area (Å²) in [4.78, 5) is 23.8. The van der Waals surface area contributed by atoms with Gasteiger partial charge in [-0.25, -0.2) is 4.79 Å². The van der Waals surface area contributed by atoms with Gasteiger partial charge in [-0.3, -0.25) is 4.79 Å². The van der Waals surface area contributed by atoms with Gasteiger partial charge in [-0.05, 0) is 71.0 Å². The van der Waals surface area contributed by atoms with Crippen LogP contribution in [0.3, 0.4) is 0 Å². The second-order valence-corrected chi connectivity index (χ2v) is 7.81. The molecule has 0 spiro atoms. The number of carbonyl (C=O) groups is 2. The Balaban J connectivity index is 1.66. The Bertz CT molecular complexity index is 1110. The van der Waals surface area contributed by atoms with E-state index in [2.05, 4.69) is 25.2 Å². The van der Waals surface area contributed by atoms with Crippen molar-refractivity contribution in [2.24, 2.45) is 0 Å². The highest BCUT2D eigenvalue weighted by Crippen LogP contribution is 2.41. The minimum atomic E-state index is -1.00. The highest BCUT2D eigenvalue weighted by atomic mass is 16.4. The molecule has 1 amide bonds. The predicted molar refractivity (Wildman–Crippen MR) is 111 cm³/mol. The van der Waals surface area contributed by atoms with Crippen LogP contribution in [0.1, 0.15) is 57.7 Å². The summed E-state index contributed by atoms with van der Waals surface area (Å²) in [6, 6.07) is 13.8. The van der Waals surface area contributed by atoms with Gasteiger partial charge in [0.15, 0.2) is 0 Å². The molecule has 29 heavy (non-hydrogen) atoms. The zero-order chi connectivity index (χ0) is 20.6. The summed E-state index contributed by atoms with van der Waals surface area (Å²) in [5, 5.41) is 11.8. The summed E-state index contributed by atoms with van der Waals surface area (Å²) in [7, 11) is 0. The van der Waals surface area contributed by atoms with E-state index in [1.165, 1.54) is 17.7 Å². The molecule has 0 saturated carbocycles. The van der Waals surface area contributed by atoms with Gasteiger partial charge in [0.2, 0.25) is 0 Å². The molecule has 2 N–H and O–H groups in total. The van der Waals surface area contributed by atoms with E-state index >= 15 is 0 Å². The van der Waals surface area contributed by atoms with E-state index in [-0.39, 0.29) is 16.9 Å². The first-order valence-corrected chi connectivity index (χ1v) is 9.37. The van der Waals surface area contributed by atoms with Crippen molar-refractivity contribution in [3.05, 3.63) is 95.0 Å². The number of hydrogen-bond acceptors (Lipinski definition) is 3. The molecule has 2 aromatic carbocycles. The minimum Gasteiger partial charge on any atom is -0.478 e. The minimum absolute atomic E-state index is 0.0236. The number of fused-ring (bicyclic) bond motifs is 1. The van der Waals surface area contributed by atoms with Gasteiger partial charge in [0.1, 0.15) is 0 Å². The molecule has 0 saturated heterocycles. The number of allylic oxidation sites excluding steroid dienone is 1. The van der Waals surface area contributed by atoms with Crippen molar-refractivity contribution in [1.29, 1.82) is 0 Å². The summed E-state index contributed by atoms with van der Waals surface area (Å²) in [6.45, 7) is 4.39. The molecule has 0 fully saturated rings. The number of anilines is 1. The van der Waals surface area contributed by atoms with Crippen molar-refractivity contribution in [3.63, 3.8) is 0 Å². The third kappa shape index (κ3) is 3.59. The van der Waals surface area contributed by atoms with Crippen LogP contribution >= 0.6 is 0 Å². The second kappa shape index (κ2) is 7.09. The van der Waals surface area contributed by atoms with Gasteiger partial charge in [0.05, 0.1) is 18.1 Å². The van der Waals surface area contributed by atoms with Crippen LogP contribution in [-0.4, -0.2) is 17.0 Å². The topological polar surface area (TPSA) is 79.5 Å². The second-order valence-electron chi connectivity index (χ2n) is 7.81. The number of amides is 1. The third-order valence-corrected chi connectivity index (χ3v) is 5.34. The van der Waals surface area contributed by atoms with E-state index in [4.69, 9.17) is 9.52 Å². The molecule has 5 nitrogen and oxygen atoms in total. The van der Waals surface area contributed by atoms with E-state index in [1.807, 2.05) is 24.3 Å². The lowest BCUT2D eigenvalue weighted by atomic mass is 9.72. The molecule has 5 heteroatoms. The lowest BCUT2D eigenvalue weighted by Gasteiger charge is -2.32. The smallest absolute Gasteiger partial charge is 0.335 e. The lowest BCUT2D eigenvalue weighted by Crippen LogP contribution is -2.23. The third-order valence-electron chi connectivity index (χ3n) is 5.34.